The molecule has 0 radical (unpaired) electrons. The lowest BCUT2D eigenvalue weighted by Gasteiger charge is -2.32. The van der Waals surface area contributed by atoms with Gasteiger partial charge in [-0.2, -0.15) is 13.2 Å². The van der Waals surface area contributed by atoms with Gasteiger partial charge < -0.3 is 15.1 Å². The third-order valence-electron chi connectivity index (χ3n) is 5.63. The van der Waals surface area contributed by atoms with E-state index in [0.29, 0.717) is 37.5 Å². The second-order valence-electron chi connectivity index (χ2n) is 7.45. The SMILES string of the molecule is CCN(CC)CCN(CCC(F)(F)F)C(=O)CC1CC2CCC(C1)N2.Cl.Cl. The second kappa shape index (κ2) is 12.3. The predicted octanol–water partition coefficient (Wildman–Crippen LogP) is 3.87. The summed E-state index contributed by atoms with van der Waals surface area (Å²) in [6, 6.07) is 0.992. The first-order valence-corrected chi connectivity index (χ1v) is 9.63. The summed E-state index contributed by atoms with van der Waals surface area (Å²) >= 11 is 0. The van der Waals surface area contributed by atoms with Crippen molar-refractivity contribution in [1.82, 2.24) is 15.1 Å². The average Bonchev–Trinajstić information content (AvgIpc) is 2.88. The average molecular weight is 436 g/mol. The molecule has 2 aliphatic rings. The zero-order valence-electron chi connectivity index (χ0n) is 16.3. The maximum Gasteiger partial charge on any atom is 0.390 e. The third kappa shape index (κ3) is 9.20. The number of nitrogens with zero attached hydrogens (tertiary/aromatic N) is 2. The number of carbonyl (C=O) groups is 1. The molecule has 4 nitrogen and oxygen atoms in total. The van der Waals surface area contributed by atoms with Crippen LogP contribution in [0.25, 0.3) is 0 Å². The van der Waals surface area contributed by atoms with Crippen molar-refractivity contribution in [1.29, 1.82) is 0 Å². The Morgan fingerprint density at radius 2 is 1.56 bits per heavy atom. The number of piperidine rings is 1. The van der Waals surface area contributed by atoms with Gasteiger partial charge in [0.25, 0.3) is 0 Å². The molecule has 0 aromatic rings. The first-order chi connectivity index (χ1) is 11.8. The number of hydrogen-bond donors (Lipinski definition) is 1. The molecular formula is C18H34Cl2F3N3O. The van der Waals surface area contributed by atoms with E-state index in [2.05, 4.69) is 10.2 Å². The van der Waals surface area contributed by atoms with Crippen molar-refractivity contribution in [2.45, 2.75) is 70.6 Å². The van der Waals surface area contributed by atoms with Gasteiger partial charge in [0.1, 0.15) is 0 Å². The molecule has 0 aliphatic carbocycles. The zero-order chi connectivity index (χ0) is 18.4. The van der Waals surface area contributed by atoms with E-state index in [-0.39, 0.29) is 37.3 Å². The van der Waals surface area contributed by atoms with E-state index >= 15 is 0 Å². The Kier molecular flexibility index (Phi) is 12.2. The quantitative estimate of drug-likeness (QED) is 0.596. The first kappa shape index (κ1) is 26.8. The number of fused-ring (bicyclic) bond motifs is 2. The molecular weight excluding hydrogens is 402 g/mol. The van der Waals surface area contributed by atoms with Gasteiger partial charge in [-0.3, -0.25) is 4.79 Å². The van der Waals surface area contributed by atoms with E-state index in [1.165, 1.54) is 4.90 Å². The monoisotopic (exact) mass is 435 g/mol. The van der Waals surface area contributed by atoms with Crippen LogP contribution in [0.1, 0.15) is 52.4 Å². The predicted molar refractivity (Wildman–Crippen MR) is 107 cm³/mol. The number of likely N-dealkylation sites (N-methyl/N-ethyl adjacent to an activating group) is 1. The fraction of sp³-hybridized carbons (Fsp3) is 0.944. The van der Waals surface area contributed by atoms with Crippen LogP contribution in [-0.2, 0) is 4.79 Å². The third-order valence-corrected chi connectivity index (χ3v) is 5.63. The highest BCUT2D eigenvalue weighted by Gasteiger charge is 2.35. The lowest BCUT2D eigenvalue weighted by Crippen LogP contribution is -2.43. The van der Waals surface area contributed by atoms with E-state index in [4.69, 9.17) is 0 Å². The summed E-state index contributed by atoms with van der Waals surface area (Å²) in [6.07, 6.45) is -0.470. The molecule has 2 saturated heterocycles. The van der Waals surface area contributed by atoms with Crippen molar-refractivity contribution in [3.8, 4) is 0 Å². The number of alkyl halides is 3. The first-order valence-electron chi connectivity index (χ1n) is 9.63. The highest BCUT2D eigenvalue weighted by Crippen LogP contribution is 2.33. The minimum Gasteiger partial charge on any atom is -0.341 e. The molecule has 0 aromatic heterocycles. The molecule has 0 aromatic carbocycles. The normalized spacial score (nSPS) is 24.3. The van der Waals surface area contributed by atoms with E-state index in [9.17, 15) is 18.0 Å². The molecule has 2 fully saturated rings. The molecule has 2 unspecified atom stereocenters. The molecule has 2 aliphatic heterocycles. The van der Waals surface area contributed by atoms with E-state index in [0.717, 1.165) is 38.8 Å². The van der Waals surface area contributed by atoms with Gasteiger partial charge in [0.05, 0.1) is 6.42 Å². The number of carbonyl (C=O) groups excluding carboxylic acids is 1. The van der Waals surface area contributed by atoms with Crippen LogP contribution in [0.4, 0.5) is 13.2 Å². The maximum absolute atomic E-state index is 12.7. The van der Waals surface area contributed by atoms with Crippen molar-refractivity contribution in [2.75, 3.05) is 32.7 Å². The summed E-state index contributed by atoms with van der Waals surface area (Å²) in [7, 11) is 0. The molecule has 2 bridgehead atoms. The van der Waals surface area contributed by atoms with Crippen LogP contribution in [0, 0.1) is 5.92 Å². The highest BCUT2D eigenvalue weighted by atomic mass is 35.5. The summed E-state index contributed by atoms with van der Waals surface area (Å²) in [4.78, 5) is 16.2. The van der Waals surface area contributed by atoms with Crippen LogP contribution in [0.2, 0.25) is 0 Å². The molecule has 0 saturated carbocycles. The maximum atomic E-state index is 12.7. The Balaban J connectivity index is 0.00000338. The Morgan fingerprint density at radius 3 is 2.04 bits per heavy atom. The summed E-state index contributed by atoms with van der Waals surface area (Å²) in [6.45, 7) is 6.53. The van der Waals surface area contributed by atoms with Gasteiger partial charge in [-0.05, 0) is 44.7 Å². The van der Waals surface area contributed by atoms with Gasteiger partial charge >= 0.3 is 6.18 Å². The molecule has 9 heteroatoms. The van der Waals surface area contributed by atoms with Gasteiger partial charge in [-0.25, -0.2) is 0 Å². The highest BCUT2D eigenvalue weighted by molar-refractivity contribution is 5.85. The van der Waals surface area contributed by atoms with Crippen LogP contribution in [-0.4, -0.2) is 66.7 Å². The molecule has 2 atom stereocenters. The van der Waals surface area contributed by atoms with Gasteiger partial charge in [0, 0.05) is 38.1 Å². The molecule has 2 heterocycles. The topological polar surface area (TPSA) is 35.6 Å². The van der Waals surface area contributed by atoms with Crippen LogP contribution >= 0.6 is 24.8 Å². The van der Waals surface area contributed by atoms with E-state index in [1.54, 1.807) is 0 Å². The van der Waals surface area contributed by atoms with Crippen molar-refractivity contribution in [3.05, 3.63) is 0 Å². The zero-order valence-corrected chi connectivity index (χ0v) is 17.9. The number of rotatable bonds is 9. The summed E-state index contributed by atoms with van der Waals surface area (Å²) in [5.74, 6) is 0.204. The Bertz CT molecular complexity index is 425. The van der Waals surface area contributed by atoms with Crippen LogP contribution < -0.4 is 5.32 Å². The standard InChI is InChI=1S/C18H32F3N3O.2ClH/c1-3-23(4-2)9-10-24(8-7-18(19,20)21)17(25)13-14-11-15-5-6-16(12-14)22-15;;/h14-16,22H,3-13H2,1-2H3;2*1H. The summed E-state index contributed by atoms with van der Waals surface area (Å²) in [5.41, 5.74) is 0. The summed E-state index contributed by atoms with van der Waals surface area (Å²) in [5, 5.41) is 3.54. The lowest BCUT2D eigenvalue weighted by molar-refractivity contribution is -0.146. The molecule has 1 N–H and O–H groups in total. The fourth-order valence-corrected chi connectivity index (χ4v) is 4.14. The van der Waals surface area contributed by atoms with Gasteiger partial charge in [-0.15, -0.1) is 24.8 Å². The number of amides is 1. The molecule has 27 heavy (non-hydrogen) atoms. The minimum absolute atomic E-state index is 0. The van der Waals surface area contributed by atoms with Crippen molar-refractivity contribution in [3.63, 3.8) is 0 Å². The van der Waals surface area contributed by atoms with E-state index < -0.39 is 12.6 Å². The Morgan fingerprint density at radius 1 is 1.00 bits per heavy atom. The lowest BCUT2D eigenvalue weighted by atomic mass is 9.89. The molecule has 162 valence electrons. The Labute approximate surface area is 173 Å². The van der Waals surface area contributed by atoms with Gasteiger partial charge in [0.15, 0.2) is 0 Å². The van der Waals surface area contributed by atoms with Gasteiger partial charge in [-0.1, -0.05) is 13.8 Å². The number of halogens is 5. The van der Waals surface area contributed by atoms with Crippen LogP contribution in [0.5, 0.6) is 0 Å². The number of hydrogen-bond acceptors (Lipinski definition) is 3. The molecule has 1 amide bonds. The van der Waals surface area contributed by atoms with Crippen molar-refractivity contribution < 1.29 is 18.0 Å². The minimum atomic E-state index is -4.22. The number of nitrogens with one attached hydrogen (secondary N) is 1. The van der Waals surface area contributed by atoms with Crippen molar-refractivity contribution in [2.24, 2.45) is 5.92 Å². The van der Waals surface area contributed by atoms with Crippen LogP contribution in [0.15, 0.2) is 0 Å². The summed E-state index contributed by atoms with van der Waals surface area (Å²) < 4.78 is 37.9. The molecule has 2 rings (SSSR count). The second-order valence-corrected chi connectivity index (χ2v) is 7.45. The fourth-order valence-electron chi connectivity index (χ4n) is 4.14. The largest absolute Gasteiger partial charge is 0.390 e. The molecule has 0 spiro atoms. The van der Waals surface area contributed by atoms with Crippen LogP contribution in [0.3, 0.4) is 0 Å². The van der Waals surface area contributed by atoms with E-state index in [1.807, 2.05) is 13.8 Å². The Hall–Kier alpha value is -0.240. The van der Waals surface area contributed by atoms with Crippen molar-refractivity contribution >= 4 is 30.7 Å². The smallest absolute Gasteiger partial charge is 0.341 e. The van der Waals surface area contributed by atoms with Gasteiger partial charge in [0.2, 0.25) is 5.91 Å².